The number of anilines is 1. The average molecular weight is 304 g/mol. The Kier molecular flexibility index (Phi) is 4.12. The Bertz CT molecular complexity index is 584. The molecule has 0 unspecified atom stereocenters. The summed E-state index contributed by atoms with van der Waals surface area (Å²) < 4.78 is 1.81. The second kappa shape index (κ2) is 6.03. The average Bonchev–Trinajstić information content (AvgIpc) is 3.14. The molecule has 0 aliphatic carbocycles. The van der Waals surface area contributed by atoms with Gasteiger partial charge in [0.05, 0.1) is 5.69 Å². The summed E-state index contributed by atoms with van der Waals surface area (Å²) in [7, 11) is 4.27. The van der Waals surface area contributed by atoms with Crippen LogP contribution in [-0.4, -0.2) is 69.8 Å². The van der Waals surface area contributed by atoms with E-state index in [1.54, 1.807) is 0 Å². The van der Waals surface area contributed by atoms with Crippen molar-refractivity contribution in [2.24, 2.45) is 0 Å². The maximum Gasteiger partial charge on any atom is 0.250 e. The standard InChI is InChI=1S/C14H20N6S/c1-18(2)12-9-19(10-13(12)21-3)14-15-16-17-20(14)11-7-5-4-6-8-11/h4-8,12-13H,9-10H2,1-3H3/t12-,13-/m1/s1. The molecule has 112 valence electrons. The van der Waals surface area contributed by atoms with E-state index in [1.165, 1.54) is 0 Å². The molecule has 1 aromatic heterocycles. The Balaban J connectivity index is 1.88. The van der Waals surface area contributed by atoms with Gasteiger partial charge in [0.15, 0.2) is 0 Å². The van der Waals surface area contributed by atoms with Crippen molar-refractivity contribution in [2.45, 2.75) is 11.3 Å². The van der Waals surface area contributed by atoms with Gasteiger partial charge in [0.25, 0.3) is 0 Å². The first kappa shape index (κ1) is 14.3. The molecule has 7 heteroatoms. The number of rotatable bonds is 4. The van der Waals surface area contributed by atoms with E-state index in [0.29, 0.717) is 11.3 Å². The zero-order valence-corrected chi connectivity index (χ0v) is 13.4. The van der Waals surface area contributed by atoms with Crippen LogP contribution in [0.2, 0.25) is 0 Å². The van der Waals surface area contributed by atoms with E-state index in [2.05, 4.69) is 45.7 Å². The lowest BCUT2D eigenvalue weighted by molar-refractivity contribution is 0.320. The van der Waals surface area contributed by atoms with Crippen molar-refractivity contribution in [3.63, 3.8) is 0 Å². The maximum atomic E-state index is 4.24. The Hall–Kier alpha value is -1.60. The molecule has 1 aliphatic rings. The van der Waals surface area contributed by atoms with E-state index >= 15 is 0 Å². The fraction of sp³-hybridized carbons (Fsp3) is 0.500. The number of likely N-dealkylation sites (N-methyl/N-ethyl adjacent to an activating group) is 1. The Morgan fingerprint density at radius 2 is 1.95 bits per heavy atom. The van der Waals surface area contributed by atoms with Gasteiger partial charge in [-0.25, -0.2) is 0 Å². The molecular weight excluding hydrogens is 284 g/mol. The summed E-state index contributed by atoms with van der Waals surface area (Å²) in [5.74, 6) is 0.824. The van der Waals surface area contributed by atoms with Crippen molar-refractivity contribution >= 4 is 17.7 Å². The molecule has 6 nitrogen and oxygen atoms in total. The predicted octanol–water partition coefficient (Wildman–Crippen LogP) is 1.14. The van der Waals surface area contributed by atoms with E-state index in [1.807, 2.05) is 46.8 Å². The molecule has 21 heavy (non-hydrogen) atoms. The SMILES string of the molecule is CS[C@@H]1CN(c2nnnn2-c2ccccc2)C[C@H]1N(C)C. The zero-order valence-electron chi connectivity index (χ0n) is 12.5. The Labute approximate surface area is 129 Å². The van der Waals surface area contributed by atoms with Crippen LogP contribution < -0.4 is 4.90 Å². The lowest BCUT2D eigenvalue weighted by atomic mass is 10.2. The number of hydrogen-bond acceptors (Lipinski definition) is 6. The van der Waals surface area contributed by atoms with Gasteiger partial charge >= 0.3 is 0 Å². The van der Waals surface area contributed by atoms with Gasteiger partial charge in [-0.05, 0) is 42.9 Å². The van der Waals surface area contributed by atoms with Gasteiger partial charge in [-0.2, -0.15) is 16.4 Å². The molecule has 0 amide bonds. The van der Waals surface area contributed by atoms with Gasteiger partial charge in [0, 0.05) is 24.4 Å². The minimum absolute atomic E-state index is 0.515. The molecule has 2 heterocycles. The molecule has 1 aliphatic heterocycles. The van der Waals surface area contributed by atoms with Crippen molar-refractivity contribution in [2.75, 3.05) is 38.3 Å². The van der Waals surface area contributed by atoms with Crippen LogP contribution >= 0.6 is 11.8 Å². The third kappa shape index (κ3) is 2.75. The van der Waals surface area contributed by atoms with E-state index < -0.39 is 0 Å². The smallest absolute Gasteiger partial charge is 0.250 e. The van der Waals surface area contributed by atoms with Crippen LogP contribution in [0, 0.1) is 0 Å². The van der Waals surface area contributed by atoms with Gasteiger partial charge in [-0.3, -0.25) is 0 Å². The van der Waals surface area contributed by atoms with Gasteiger partial charge in [0.2, 0.25) is 5.95 Å². The van der Waals surface area contributed by atoms with E-state index in [9.17, 15) is 0 Å². The number of hydrogen-bond donors (Lipinski definition) is 0. The second-order valence-corrected chi connectivity index (χ2v) is 6.51. The van der Waals surface area contributed by atoms with E-state index in [4.69, 9.17) is 0 Å². The monoisotopic (exact) mass is 304 g/mol. The largest absolute Gasteiger partial charge is 0.337 e. The summed E-state index contributed by atoms with van der Waals surface area (Å²) in [5.41, 5.74) is 0.992. The van der Waals surface area contributed by atoms with E-state index in [-0.39, 0.29) is 0 Å². The van der Waals surface area contributed by atoms with Gasteiger partial charge in [-0.1, -0.05) is 23.3 Å². The molecule has 1 aromatic carbocycles. The number of aromatic nitrogens is 4. The summed E-state index contributed by atoms with van der Waals surface area (Å²) in [4.78, 5) is 4.57. The summed E-state index contributed by atoms with van der Waals surface area (Å²) in [6.07, 6.45) is 2.17. The lowest BCUT2D eigenvalue weighted by Gasteiger charge is -2.23. The van der Waals surface area contributed by atoms with Crippen LogP contribution in [0.3, 0.4) is 0 Å². The molecule has 2 atom stereocenters. The van der Waals surface area contributed by atoms with Gasteiger partial charge in [0.1, 0.15) is 0 Å². The molecule has 1 fully saturated rings. The molecule has 0 N–H and O–H groups in total. The summed E-state index contributed by atoms with van der Waals surface area (Å²) in [6.45, 7) is 1.92. The molecule has 1 saturated heterocycles. The number of thioether (sulfide) groups is 1. The molecule has 0 bridgehead atoms. The van der Waals surface area contributed by atoms with Crippen molar-refractivity contribution < 1.29 is 0 Å². The highest BCUT2D eigenvalue weighted by Crippen LogP contribution is 2.27. The quantitative estimate of drug-likeness (QED) is 0.844. The summed E-state index contributed by atoms with van der Waals surface area (Å²) in [6, 6.07) is 10.5. The molecule has 0 spiro atoms. The molecule has 0 radical (unpaired) electrons. The van der Waals surface area contributed by atoms with Gasteiger partial charge < -0.3 is 9.80 Å². The van der Waals surface area contributed by atoms with Crippen LogP contribution in [0.5, 0.6) is 0 Å². The Morgan fingerprint density at radius 1 is 1.19 bits per heavy atom. The highest BCUT2D eigenvalue weighted by molar-refractivity contribution is 7.99. The van der Waals surface area contributed by atoms with Crippen LogP contribution in [0.15, 0.2) is 30.3 Å². The van der Waals surface area contributed by atoms with Crippen LogP contribution in [0.25, 0.3) is 5.69 Å². The third-order valence-corrected chi connectivity index (χ3v) is 5.01. The number of para-hydroxylation sites is 1. The van der Waals surface area contributed by atoms with Crippen LogP contribution in [0.1, 0.15) is 0 Å². The first-order valence-electron chi connectivity index (χ1n) is 6.98. The second-order valence-electron chi connectivity index (χ2n) is 5.44. The topological polar surface area (TPSA) is 50.1 Å². The molecule has 2 aromatic rings. The number of tetrazole rings is 1. The minimum Gasteiger partial charge on any atom is -0.337 e. The number of benzene rings is 1. The maximum absolute atomic E-state index is 4.24. The molecular formula is C14H20N6S. The van der Waals surface area contributed by atoms with Crippen LogP contribution in [-0.2, 0) is 0 Å². The Morgan fingerprint density at radius 3 is 2.57 bits per heavy atom. The third-order valence-electron chi connectivity index (χ3n) is 3.94. The van der Waals surface area contributed by atoms with Crippen LogP contribution in [0.4, 0.5) is 5.95 Å². The first-order valence-corrected chi connectivity index (χ1v) is 8.27. The predicted molar refractivity (Wildman–Crippen MR) is 86.1 cm³/mol. The van der Waals surface area contributed by atoms with Crippen molar-refractivity contribution in [1.29, 1.82) is 0 Å². The lowest BCUT2D eigenvalue weighted by Crippen LogP contribution is -2.36. The fourth-order valence-electron chi connectivity index (χ4n) is 2.76. The van der Waals surface area contributed by atoms with Crippen molar-refractivity contribution in [1.82, 2.24) is 25.1 Å². The fourth-order valence-corrected chi connectivity index (χ4v) is 3.74. The minimum atomic E-state index is 0.515. The summed E-state index contributed by atoms with van der Waals surface area (Å²) >= 11 is 1.91. The van der Waals surface area contributed by atoms with Crippen molar-refractivity contribution in [3.8, 4) is 5.69 Å². The highest BCUT2D eigenvalue weighted by atomic mass is 32.2. The molecule has 0 saturated carbocycles. The zero-order chi connectivity index (χ0) is 14.8. The summed E-state index contributed by atoms with van der Waals surface area (Å²) in [5, 5.41) is 12.8. The first-order chi connectivity index (χ1) is 10.2. The normalized spacial score (nSPS) is 22.2. The number of nitrogens with zero attached hydrogens (tertiary/aromatic N) is 6. The van der Waals surface area contributed by atoms with E-state index in [0.717, 1.165) is 24.7 Å². The molecule has 3 rings (SSSR count). The highest BCUT2D eigenvalue weighted by Gasteiger charge is 2.36. The van der Waals surface area contributed by atoms with Gasteiger partial charge in [-0.15, -0.1) is 0 Å². The van der Waals surface area contributed by atoms with Crippen molar-refractivity contribution in [3.05, 3.63) is 30.3 Å².